The van der Waals surface area contributed by atoms with Gasteiger partial charge in [0.05, 0.1) is 17.9 Å². The molecule has 0 spiro atoms. The maximum absolute atomic E-state index is 9.73. The van der Waals surface area contributed by atoms with Gasteiger partial charge in [-0.1, -0.05) is 96.6 Å². The number of carboxylic acids is 4. The van der Waals surface area contributed by atoms with Crippen molar-refractivity contribution in [2.45, 2.75) is 63.8 Å². The van der Waals surface area contributed by atoms with Crippen molar-refractivity contribution in [2.24, 2.45) is 0 Å². The zero-order valence-corrected chi connectivity index (χ0v) is 38.7. The first-order valence-corrected chi connectivity index (χ1v) is 22.1. The molecular weight excluding hydrogens is 889 g/mol. The van der Waals surface area contributed by atoms with E-state index in [0.29, 0.717) is 24.3 Å². The molecule has 1 aliphatic carbocycles. The zero-order chi connectivity index (χ0) is 50.5. The first-order valence-electron chi connectivity index (χ1n) is 20.8. The van der Waals surface area contributed by atoms with Crippen molar-refractivity contribution in [1.82, 2.24) is 20.5 Å². The average molecular weight is 949 g/mol. The molecule has 1 aromatic heterocycles. The van der Waals surface area contributed by atoms with Crippen LogP contribution in [0.5, 0.6) is 0 Å². The fraction of sp³-hybridized carbons (Fsp3) is 0.312. The number of hydrogen-bond donors (Lipinski definition) is 8. The van der Waals surface area contributed by atoms with E-state index in [1.165, 1.54) is 28.0 Å². The van der Waals surface area contributed by atoms with Crippen molar-refractivity contribution < 1.29 is 67.3 Å². The molecule has 8 N–H and O–H groups in total. The van der Waals surface area contributed by atoms with Crippen LogP contribution in [0.2, 0.25) is 0 Å². The maximum Gasteiger partial charge on any atom is 0.328 e. The molecule has 18 nitrogen and oxygen atoms in total. The Kier molecular flexibility index (Phi) is 27.5. The monoisotopic (exact) mass is 948 g/mol. The highest BCUT2D eigenvalue weighted by atomic mass is 32.3. The van der Waals surface area contributed by atoms with Crippen molar-refractivity contribution >= 4 is 39.8 Å². The van der Waals surface area contributed by atoms with E-state index in [4.69, 9.17) is 42.9 Å². The summed E-state index contributed by atoms with van der Waals surface area (Å²) in [5, 5.41) is 56.7. The van der Waals surface area contributed by atoms with Crippen LogP contribution < -0.4 is 10.6 Å². The summed E-state index contributed by atoms with van der Waals surface area (Å²) in [6, 6.07) is 32.8. The van der Waals surface area contributed by atoms with Gasteiger partial charge in [-0.25, -0.2) is 19.2 Å². The summed E-state index contributed by atoms with van der Waals surface area (Å²) in [5.41, 5.74) is 10.5. The van der Waals surface area contributed by atoms with Gasteiger partial charge in [0.1, 0.15) is 0 Å². The van der Waals surface area contributed by atoms with Gasteiger partial charge < -0.3 is 55.3 Å². The molecule has 6 rings (SSSR count). The van der Waals surface area contributed by atoms with Crippen LogP contribution in [-0.2, 0) is 42.4 Å². The van der Waals surface area contributed by atoms with Crippen LogP contribution in [0.3, 0.4) is 0 Å². The summed E-state index contributed by atoms with van der Waals surface area (Å²) >= 11 is 0. The minimum atomic E-state index is -5.17. The number of hydrogen-bond acceptors (Lipinski definition) is 14. The highest BCUT2D eigenvalue weighted by Gasteiger charge is 2.24. The third kappa shape index (κ3) is 25.2. The molecule has 1 aliphatic heterocycles. The number of aliphatic carboxylic acids is 4. The van der Waals surface area contributed by atoms with Crippen molar-refractivity contribution in [2.75, 3.05) is 34.2 Å². The quantitative estimate of drug-likeness (QED) is 0.0618. The molecule has 1 saturated heterocycles. The molecule has 19 heteroatoms. The molecular formula is C48H60N4O14S-2. The largest absolute Gasteiger partial charge is 0.759 e. The van der Waals surface area contributed by atoms with Crippen LogP contribution in [0, 0.1) is 0 Å². The molecule has 0 unspecified atom stereocenters. The third-order valence-electron chi connectivity index (χ3n) is 9.90. The number of benzene rings is 3. The lowest BCUT2D eigenvalue weighted by molar-refractivity contribution is -0.134. The number of nitrogens with zero attached hydrogens (tertiary/aromatic N) is 2. The molecule has 1 fully saturated rings. The van der Waals surface area contributed by atoms with Gasteiger partial charge in [0, 0.05) is 71.6 Å². The van der Waals surface area contributed by atoms with E-state index in [1.54, 1.807) is 5.57 Å². The summed E-state index contributed by atoms with van der Waals surface area (Å²) < 4.78 is 34.1. The molecule has 67 heavy (non-hydrogen) atoms. The van der Waals surface area contributed by atoms with Gasteiger partial charge >= 0.3 is 23.9 Å². The molecule has 2 aliphatic rings. The Balaban J connectivity index is 0.000000433. The second-order valence-electron chi connectivity index (χ2n) is 14.7. The Morgan fingerprint density at radius 2 is 0.970 bits per heavy atom. The molecule has 4 aromatic rings. The second kappa shape index (κ2) is 31.5. The summed E-state index contributed by atoms with van der Waals surface area (Å²) in [5.74, 6) is -5.03. The maximum atomic E-state index is 9.73. The minimum Gasteiger partial charge on any atom is -0.759 e. The minimum absolute atomic E-state index is 0.0902. The molecule has 2 heterocycles. The van der Waals surface area contributed by atoms with Crippen LogP contribution in [0.1, 0.15) is 72.4 Å². The number of aliphatic hydroxyl groups excluding tert-OH is 2. The van der Waals surface area contributed by atoms with Gasteiger partial charge in [-0.05, 0) is 94.6 Å². The van der Waals surface area contributed by atoms with E-state index in [0.717, 1.165) is 49.9 Å². The predicted octanol–water partition coefficient (Wildman–Crippen LogP) is 4.45. The Labute approximate surface area is 391 Å². The van der Waals surface area contributed by atoms with Crippen LogP contribution in [-0.4, -0.2) is 128 Å². The molecule has 0 saturated carbocycles. The van der Waals surface area contributed by atoms with Crippen LogP contribution in [0.4, 0.5) is 0 Å². The number of aryl methyl sites for hydroxylation is 2. The van der Waals surface area contributed by atoms with Crippen molar-refractivity contribution in [3.8, 4) is 0 Å². The van der Waals surface area contributed by atoms with E-state index in [2.05, 4.69) is 59.0 Å². The number of piperidine rings is 1. The molecule has 4 atom stereocenters. The summed E-state index contributed by atoms with van der Waals surface area (Å²) in [4.78, 5) is 45.4. The van der Waals surface area contributed by atoms with Gasteiger partial charge in [-0.15, -0.1) is 0 Å². The first kappa shape index (κ1) is 58.6. The molecule has 0 radical (unpaired) electrons. The van der Waals surface area contributed by atoms with Crippen molar-refractivity contribution in [1.29, 1.82) is 0 Å². The standard InChI is InChI=1S/C20H22N2.2C10H15NO.2C4H4O4.H2O4S/c1-22-13-10-16(11-14-22)19-18-7-3-2-5-15(18)8-9-17-6-4-12-21-20(17)19;2*1-8(11-2)10(12)9-6-4-3-5-7-9;2*5-3(6)1-2-4(7)8;1-5(2,3)4/h2-7,12H,8-11,13-14H2,1H3;2*3-8,10-12H,1-2H3;2*1-2H,(H,5,6)(H,7,8);(H2,1,2,3,4)/p-2/b;;;2*2-1-;/t;2*8-,10+;;;/m.00.../s1. The number of carboxylic acid groups (broad SMARTS) is 4. The second-order valence-corrected chi connectivity index (χ2v) is 15.6. The Hall–Kier alpha value is -6.42. The third-order valence-corrected chi connectivity index (χ3v) is 9.90. The highest BCUT2D eigenvalue weighted by molar-refractivity contribution is 7.79. The SMILES string of the molecule is CN1CCC(=C2c3ccccc3CCc3cccnc32)CC1.CN[C@@H](C)[C@@H](O)c1ccccc1.CN[C@@H](C)[C@@H](O)c1ccccc1.O=C(O)/C=C\C(=O)O.O=C(O)/C=C\C(=O)O.O=S(=O)([O-])[O-]. The number of rotatable bonds is 10. The predicted molar refractivity (Wildman–Crippen MR) is 250 cm³/mol. The van der Waals surface area contributed by atoms with Crippen LogP contribution in [0.25, 0.3) is 5.57 Å². The number of aliphatic hydroxyl groups is 2. The van der Waals surface area contributed by atoms with E-state index in [-0.39, 0.29) is 12.1 Å². The Morgan fingerprint density at radius 3 is 1.36 bits per heavy atom. The van der Waals surface area contributed by atoms with Crippen LogP contribution >= 0.6 is 0 Å². The highest BCUT2D eigenvalue weighted by Crippen LogP contribution is 2.37. The summed E-state index contributed by atoms with van der Waals surface area (Å²) in [6.07, 6.45) is 7.87. The van der Waals surface area contributed by atoms with Gasteiger partial charge in [0.15, 0.2) is 0 Å². The zero-order valence-electron chi connectivity index (χ0n) is 37.9. The van der Waals surface area contributed by atoms with E-state index in [1.807, 2.05) is 94.8 Å². The lowest BCUT2D eigenvalue weighted by atomic mass is 9.89. The van der Waals surface area contributed by atoms with Gasteiger partial charge in [-0.3, -0.25) is 13.4 Å². The van der Waals surface area contributed by atoms with Gasteiger partial charge in [-0.2, -0.15) is 0 Å². The summed E-state index contributed by atoms with van der Waals surface area (Å²) in [7, 11) is 0.738. The normalized spacial score (nSPS) is 14.8. The van der Waals surface area contributed by atoms with Crippen molar-refractivity contribution in [3.05, 3.63) is 167 Å². The van der Waals surface area contributed by atoms with Gasteiger partial charge in [0.25, 0.3) is 0 Å². The lowest BCUT2D eigenvalue weighted by Gasteiger charge is -2.27. The number of likely N-dealkylation sites (N-methyl/N-ethyl adjacent to an activating group) is 2. The Bertz CT molecular complexity index is 2160. The molecule has 364 valence electrons. The molecule has 0 bridgehead atoms. The number of nitrogens with one attached hydrogen (secondary N) is 2. The fourth-order valence-corrected chi connectivity index (χ4v) is 6.22. The van der Waals surface area contributed by atoms with Crippen molar-refractivity contribution in [3.63, 3.8) is 0 Å². The van der Waals surface area contributed by atoms with E-state index in [9.17, 15) is 29.4 Å². The fourth-order valence-electron chi connectivity index (χ4n) is 6.22. The van der Waals surface area contributed by atoms with E-state index >= 15 is 0 Å². The smallest absolute Gasteiger partial charge is 0.328 e. The number of fused-ring (bicyclic) bond motifs is 2. The lowest BCUT2D eigenvalue weighted by Crippen LogP contribution is -2.28. The van der Waals surface area contributed by atoms with E-state index < -0.39 is 46.5 Å². The average Bonchev–Trinajstić information content (AvgIpc) is 3.47. The summed E-state index contributed by atoms with van der Waals surface area (Å²) in [6.45, 7) is 6.22. The number of aromatic nitrogens is 1. The number of carbonyl (C=O) groups is 4. The van der Waals surface area contributed by atoms with Crippen LogP contribution in [0.15, 0.2) is 133 Å². The first-order chi connectivity index (χ1) is 31.6. The number of pyridine rings is 1. The molecule has 3 aromatic carbocycles. The van der Waals surface area contributed by atoms with Gasteiger partial charge in [0.2, 0.25) is 0 Å². The topological polar surface area (TPSA) is 310 Å². The molecule has 0 amide bonds. The number of likely N-dealkylation sites (tertiary alicyclic amines) is 1. The Morgan fingerprint density at radius 1 is 0.612 bits per heavy atom.